The summed E-state index contributed by atoms with van der Waals surface area (Å²) in [6.45, 7) is 0. The lowest BCUT2D eigenvalue weighted by atomic mass is 10.1. The molecule has 0 saturated carbocycles. The molecule has 4 heteroatoms. The number of thioether (sulfide) groups is 1. The summed E-state index contributed by atoms with van der Waals surface area (Å²) in [6, 6.07) is 11.3. The SMILES string of the molecule is CSc1cccc(-c2ccc(C(=O)O)nc2)c1. The van der Waals surface area contributed by atoms with Crippen molar-refractivity contribution in [2.24, 2.45) is 0 Å². The van der Waals surface area contributed by atoms with E-state index in [1.165, 1.54) is 11.0 Å². The first-order valence-corrected chi connectivity index (χ1v) is 6.27. The summed E-state index contributed by atoms with van der Waals surface area (Å²) >= 11 is 1.67. The molecule has 0 saturated heterocycles. The van der Waals surface area contributed by atoms with Crippen LogP contribution in [0.25, 0.3) is 11.1 Å². The average Bonchev–Trinajstić information content (AvgIpc) is 2.39. The van der Waals surface area contributed by atoms with Crippen LogP contribution >= 0.6 is 11.8 Å². The molecule has 2 rings (SSSR count). The molecule has 1 aromatic carbocycles. The number of carboxylic acids is 1. The normalized spacial score (nSPS) is 10.2. The van der Waals surface area contributed by atoms with E-state index >= 15 is 0 Å². The van der Waals surface area contributed by atoms with E-state index in [9.17, 15) is 4.79 Å². The van der Waals surface area contributed by atoms with Crippen molar-refractivity contribution in [3.8, 4) is 11.1 Å². The first-order valence-electron chi connectivity index (χ1n) is 5.04. The fraction of sp³-hybridized carbons (Fsp3) is 0.0769. The summed E-state index contributed by atoms with van der Waals surface area (Å²) in [5, 5.41) is 8.76. The van der Waals surface area contributed by atoms with Crippen molar-refractivity contribution in [2.45, 2.75) is 4.90 Å². The van der Waals surface area contributed by atoms with Crippen LogP contribution in [-0.2, 0) is 0 Å². The highest BCUT2D eigenvalue weighted by atomic mass is 32.2. The maximum Gasteiger partial charge on any atom is 0.354 e. The standard InChI is InChI=1S/C13H11NO2S/c1-17-11-4-2-3-9(7-11)10-5-6-12(13(15)16)14-8-10/h2-8H,1H3,(H,15,16). The van der Waals surface area contributed by atoms with Crippen LogP contribution in [0.15, 0.2) is 47.5 Å². The molecule has 17 heavy (non-hydrogen) atoms. The zero-order chi connectivity index (χ0) is 12.3. The van der Waals surface area contributed by atoms with Crippen molar-refractivity contribution in [3.05, 3.63) is 48.3 Å². The lowest BCUT2D eigenvalue weighted by Gasteiger charge is -2.03. The van der Waals surface area contributed by atoms with E-state index in [0.717, 1.165) is 11.1 Å². The molecular weight excluding hydrogens is 234 g/mol. The molecule has 0 aliphatic carbocycles. The number of carboxylic acid groups (broad SMARTS) is 1. The lowest BCUT2D eigenvalue weighted by Crippen LogP contribution is -1.99. The first-order chi connectivity index (χ1) is 8.20. The smallest absolute Gasteiger partial charge is 0.354 e. The van der Waals surface area contributed by atoms with Crippen molar-refractivity contribution in [3.63, 3.8) is 0 Å². The van der Waals surface area contributed by atoms with Gasteiger partial charge in [-0.3, -0.25) is 0 Å². The predicted octanol–water partition coefficient (Wildman–Crippen LogP) is 3.17. The summed E-state index contributed by atoms with van der Waals surface area (Å²) in [4.78, 5) is 15.8. The topological polar surface area (TPSA) is 50.2 Å². The largest absolute Gasteiger partial charge is 0.477 e. The van der Waals surface area contributed by atoms with Gasteiger partial charge in [-0.25, -0.2) is 9.78 Å². The second-order valence-electron chi connectivity index (χ2n) is 3.47. The molecule has 2 aromatic rings. The van der Waals surface area contributed by atoms with Crippen LogP contribution in [0.4, 0.5) is 0 Å². The minimum atomic E-state index is -1.01. The van der Waals surface area contributed by atoms with Crippen molar-refractivity contribution < 1.29 is 9.90 Å². The van der Waals surface area contributed by atoms with Crippen LogP contribution < -0.4 is 0 Å². The Morgan fingerprint density at radius 3 is 2.65 bits per heavy atom. The summed E-state index contributed by atoms with van der Waals surface area (Å²) in [7, 11) is 0. The van der Waals surface area contributed by atoms with Crippen LogP contribution in [0.1, 0.15) is 10.5 Å². The van der Waals surface area contributed by atoms with Crippen LogP contribution in [0.3, 0.4) is 0 Å². The summed E-state index contributed by atoms with van der Waals surface area (Å²) in [5.74, 6) is -1.01. The third-order valence-electron chi connectivity index (χ3n) is 2.39. The number of hydrogen-bond donors (Lipinski definition) is 1. The van der Waals surface area contributed by atoms with Gasteiger partial charge in [0.2, 0.25) is 0 Å². The molecule has 0 radical (unpaired) electrons. The quantitative estimate of drug-likeness (QED) is 0.844. The van der Waals surface area contributed by atoms with Gasteiger partial charge < -0.3 is 5.11 Å². The number of aromatic nitrogens is 1. The monoisotopic (exact) mass is 245 g/mol. The van der Waals surface area contributed by atoms with Crippen molar-refractivity contribution in [1.29, 1.82) is 0 Å². The van der Waals surface area contributed by atoms with Gasteiger partial charge in [0.25, 0.3) is 0 Å². The van der Waals surface area contributed by atoms with Gasteiger partial charge in [0.1, 0.15) is 5.69 Å². The van der Waals surface area contributed by atoms with Gasteiger partial charge in [0, 0.05) is 16.7 Å². The fourth-order valence-corrected chi connectivity index (χ4v) is 1.95. The molecule has 0 fully saturated rings. The molecule has 0 aliphatic rings. The zero-order valence-electron chi connectivity index (χ0n) is 9.25. The molecule has 0 bridgehead atoms. The number of pyridine rings is 1. The summed E-state index contributed by atoms with van der Waals surface area (Å²) in [6.07, 6.45) is 3.60. The summed E-state index contributed by atoms with van der Waals surface area (Å²) < 4.78 is 0. The van der Waals surface area contributed by atoms with E-state index in [4.69, 9.17) is 5.11 Å². The van der Waals surface area contributed by atoms with E-state index in [0.29, 0.717) is 0 Å². The van der Waals surface area contributed by atoms with Gasteiger partial charge in [-0.1, -0.05) is 18.2 Å². The maximum atomic E-state index is 10.7. The highest BCUT2D eigenvalue weighted by molar-refractivity contribution is 7.98. The Morgan fingerprint density at radius 1 is 1.24 bits per heavy atom. The Labute approximate surface area is 104 Å². The number of hydrogen-bond acceptors (Lipinski definition) is 3. The van der Waals surface area contributed by atoms with Gasteiger partial charge in [-0.05, 0) is 30.0 Å². The number of carbonyl (C=O) groups is 1. The van der Waals surface area contributed by atoms with Crippen molar-refractivity contribution in [1.82, 2.24) is 4.98 Å². The van der Waals surface area contributed by atoms with Gasteiger partial charge in [0.05, 0.1) is 0 Å². The Bertz CT molecular complexity index is 537. The van der Waals surface area contributed by atoms with E-state index in [1.807, 2.05) is 24.5 Å². The predicted molar refractivity (Wildman–Crippen MR) is 68.4 cm³/mol. The van der Waals surface area contributed by atoms with E-state index in [2.05, 4.69) is 11.1 Å². The van der Waals surface area contributed by atoms with Gasteiger partial charge in [-0.2, -0.15) is 0 Å². The van der Waals surface area contributed by atoms with Crippen LogP contribution in [0.2, 0.25) is 0 Å². The van der Waals surface area contributed by atoms with Crippen LogP contribution in [0.5, 0.6) is 0 Å². The molecule has 0 atom stereocenters. The van der Waals surface area contributed by atoms with Crippen LogP contribution in [-0.4, -0.2) is 22.3 Å². The van der Waals surface area contributed by atoms with Crippen molar-refractivity contribution in [2.75, 3.05) is 6.26 Å². The highest BCUT2D eigenvalue weighted by Gasteiger charge is 2.04. The Hall–Kier alpha value is -1.81. The highest BCUT2D eigenvalue weighted by Crippen LogP contribution is 2.23. The molecule has 3 nitrogen and oxygen atoms in total. The molecule has 0 spiro atoms. The lowest BCUT2D eigenvalue weighted by molar-refractivity contribution is 0.0690. The van der Waals surface area contributed by atoms with E-state index in [-0.39, 0.29) is 5.69 Å². The van der Waals surface area contributed by atoms with Gasteiger partial charge in [0.15, 0.2) is 0 Å². The molecule has 1 aromatic heterocycles. The second-order valence-corrected chi connectivity index (χ2v) is 4.35. The van der Waals surface area contributed by atoms with Crippen LogP contribution in [0, 0.1) is 0 Å². The molecule has 1 N–H and O–H groups in total. The first kappa shape index (κ1) is 11.7. The van der Waals surface area contributed by atoms with Crippen molar-refractivity contribution >= 4 is 17.7 Å². The molecule has 0 unspecified atom stereocenters. The summed E-state index contributed by atoms with van der Waals surface area (Å²) in [5.41, 5.74) is 2.03. The Morgan fingerprint density at radius 2 is 2.06 bits per heavy atom. The molecule has 0 aliphatic heterocycles. The average molecular weight is 245 g/mol. The fourth-order valence-electron chi connectivity index (χ4n) is 1.49. The minimum Gasteiger partial charge on any atom is -0.477 e. The molecule has 0 amide bonds. The third-order valence-corrected chi connectivity index (χ3v) is 3.11. The number of aromatic carboxylic acids is 1. The van der Waals surface area contributed by atoms with E-state index in [1.54, 1.807) is 24.0 Å². The third kappa shape index (κ3) is 2.65. The number of benzene rings is 1. The number of rotatable bonds is 3. The maximum absolute atomic E-state index is 10.7. The Balaban J connectivity index is 2.36. The van der Waals surface area contributed by atoms with E-state index < -0.39 is 5.97 Å². The zero-order valence-corrected chi connectivity index (χ0v) is 10.1. The molecule has 86 valence electrons. The second kappa shape index (κ2) is 5.01. The molecule has 1 heterocycles. The molecular formula is C13H11NO2S. The van der Waals surface area contributed by atoms with Gasteiger partial charge in [-0.15, -0.1) is 11.8 Å². The Kier molecular flexibility index (Phi) is 3.44. The number of nitrogens with zero attached hydrogens (tertiary/aromatic N) is 1. The van der Waals surface area contributed by atoms with Gasteiger partial charge >= 0.3 is 5.97 Å². The minimum absolute atomic E-state index is 0.0646.